The predicted molar refractivity (Wildman–Crippen MR) is 57.9 cm³/mol. The summed E-state index contributed by atoms with van der Waals surface area (Å²) in [4.78, 5) is 22.7. The molecule has 1 aliphatic rings. The lowest BCUT2D eigenvalue weighted by atomic mass is 10.2. The molecular weight excluding hydrogens is 248 g/mol. The van der Waals surface area contributed by atoms with Crippen LogP contribution in [0.15, 0.2) is 18.2 Å². The molecule has 0 saturated carbocycles. The molecular formula is C11H9ClO5. The normalized spacial score (nSPS) is 18.9. The van der Waals surface area contributed by atoms with E-state index in [1.165, 1.54) is 18.2 Å². The maximum Gasteiger partial charge on any atom is 0.347 e. The monoisotopic (exact) mass is 256 g/mol. The third-order valence-corrected chi connectivity index (χ3v) is 2.55. The van der Waals surface area contributed by atoms with Crippen LogP contribution >= 0.6 is 11.6 Å². The third kappa shape index (κ3) is 2.50. The molecule has 0 amide bonds. The van der Waals surface area contributed by atoms with Gasteiger partial charge in [0.1, 0.15) is 11.3 Å². The van der Waals surface area contributed by atoms with Gasteiger partial charge in [-0.15, -0.1) is 0 Å². The smallest absolute Gasteiger partial charge is 0.347 e. The van der Waals surface area contributed by atoms with Gasteiger partial charge < -0.3 is 14.6 Å². The number of hydrogen-bond acceptors (Lipinski definition) is 5. The maximum atomic E-state index is 11.6. The summed E-state index contributed by atoms with van der Waals surface area (Å²) in [5, 5.41) is 9.81. The van der Waals surface area contributed by atoms with Crippen molar-refractivity contribution in [2.75, 3.05) is 6.61 Å². The lowest BCUT2D eigenvalue weighted by molar-refractivity contribution is -0.145. The average molecular weight is 257 g/mol. The molecule has 1 aliphatic heterocycles. The van der Waals surface area contributed by atoms with E-state index in [9.17, 15) is 14.7 Å². The SMILES string of the molecule is O=C(O[C@@H]1CCOC1=O)c1ccc(Cl)cc1O. The van der Waals surface area contributed by atoms with E-state index in [2.05, 4.69) is 4.74 Å². The number of phenols is 1. The van der Waals surface area contributed by atoms with Crippen LogP contribution in [-0.4, -0.2) is 29.8 Å². The summed E-state index contributed by atoms with van der Waals surface area (Å²) in [6.45, 7) is 0.239. The van der Waals surface area contributed by atoms with Crippen LogP contribution in [0.1, 0.15) is 16.8 Å². The largest absolute Gasteiger partial charge is 0.507 e. The Labute approximate surface area is 102 Å². The minimum absolute atomic E-state index is 0.0332. The van der Waals surface area contributed by atoms with E-state index in [1.807, 2.05) is 0 Å². The fourth-order valence-electron chi connectivity index (χ4n) is 1.45. The fraction of sp³-hybridized carbons (Fsp3) is 0.273. The summed E-state index contributed by atoms with van der Waals surface area (Å²) in [5.41, 5.74) is -0.0332. The molecule has 17 heavy (non-hydrogen) atoms. The molecule has 2 rings (SSSR count). The summed E-state index contributed by atoms with van der Waals surface area (Å²) in [5.74, 6) is -1.62. The predicted octanol–water partition coefficient (Wildman–Crippen LogP) is 1.52. The van der Waals surface area contributed by atoms with Gasteiger partial charge in [-0.05, 0) is 18.2 Å². The molecule has 1 N–H and O–H groups in total. The minimum Gasteiger partial charge on any atom is -0.507 e. The zero-order valence-corrected chi connectivity index (χ0v) is 9.44. The summed E-state index contributed by atoms with van der Waals surface area (Å²) in [6.07, 6.45) is -0.559. The van der Waals surface area contributed by atoms with Crippen LogP contribution in [0, 0.1) is 0 Å². The number of rotatable bonds is 2. The molecule has 1 aromatic carbocycles. The standard InChI is InChI=1S/C11H9ClO5/c12-6-1-2-7(8(13)5-6)10(14)17-9-3-4-16-11(9)15/h1-2,5,9,13H,3-4H2/t9-/m1/s1. The van der Waals surface area contributed by atoms with E-state index < -0.39 is 18.0 Å². The van der Waals surface area contributed by atoms with Crippen molar-refractivity contribution in [2.24, 2.45) is 0 Å². The molecule has 1 saturated heterocycles. The highest BCUT2D eigenvalue weighted by Gasteiger charge is 2.31. The van der Waals surface area contributed by atoms with Gasteiger partial charge in [-0.1, -0.05) is 11.6 Å². The Bertz CT molecular complexity index is 471. The first-order valence-corrected chi connectivity index (χ1v) is 5.32. The Kier molecular flexibility index (Phi) is 3.19. The van der Waals surface area contributed by atoms with E-state index >= 15 is 0 Å². The fourth-order valence-corrected chi connectivity index (χ4v) is 1.62. The van der Waals surface area contributed by atoms with Crippen LogP contribution in [0.25, 0.3) is 0 Å². The Morgan fingerprint density at radius 1 is 1.53 bits per heavy atom. The first kappa shape index (κ1) is 11.7. The van der Waals surface area contributed by atoms with Crippen molar-refractivity contribution < 1.29 is 24.2 Å². The van der Waals surface area contributed by atoms with Gasteiger partial charge in [0.25, 0.3) is 0 Å². The zero-order valence-electron chi connectivity index (χ0n) is 8.68. The van der Waals surface area contributed by atoms with E-state index in [1.54, 1.807) is 0 Å². The number of benzene rings is 1. The van der Waals surface area contributed by atoms with Crippen LogP contribution in [0.3, 0.4) is 0 Å². The number of carbonyl (C=O) groups is 2. The third-order valence-electron chi connectivity index (χ3n) is 2.32. The van der Waals surface area contributed by atoms with E-state index in [4.69, 9.17) is 16.3 Å². The molecule has 5 nitrogen and oxygen atoms in total. The van der Waals surface area contributed by atoms with Crippen LogP contribution < -0.4 is 0 Å². The summed E-state index contributed by atoms with van der Waals surface area (Å²) in [6, 6.07) is 4.01. The second-order valence-corrected chi connectivity index (χ2v) is 3.95. The second-order valence-electron chi connectivity index (χ2n) is 3.51. The van der Waals surface area contributed by atoms with Gasteiger partial charge in [-0.25, -0.2) is 9.59 Å². The Balaban J connectivity index is 2.11. The highest BCUT2D eigenvalue weighted by molar-refractivity contribution is 6.30. The van der Waals surface area contributed by atoms with Crippen molar-refractivity contribution >= 4 is 23.5 Å². The molecule has 0 spiro atoms. The lowest BCUT2D eigenvalue weighted by Gasteiger charge is -2.09. The number of halogens is 1. The molecule has 1 aromatic rings. The van der Waals surface area contributed by atoms with Crippen LogP contribution in [0.2, 0.25) is 5.02 Å². The lowest BCUT2D eigenvalue weighted by Crippen LogP contribution is -2.22. The quantitative estimate of drug-likeness (QED) is 0.812. The Hall–Kier alpha value is -1.75. The summed E-state index contributed by atoms with van der Waals surface area (Å²) < 4.78 is 9.57. The number of aromatic hydroxyl groups is 1. The Morgan fingerprint density at radius 2 is 2.29 bits per heavy atom. The van der Waals surface area contributed by atoms with E-state index in [0.29, 0.717) is 11.4 Å². The number of phenolic OH excluding ortho intramolecular Hbond substituents is 1. The first-order chi connectivity index (χ1) is 8.08. The van der Waals surface area contributed by atoms with Gasteiger partial charge in [0.05, 0.1) is 6.61 Å². The van der Waals surface area contributed by atoms with Gasteiger partial charge in [-0.2, -0.15) is 0 Å². The van der Waals surface area contributed by atoms with Gasteiger partial charge in [0.15, 0.2) is 0 Å². The number of cyclic esters (lactones) is 1. The first-order valence-electron chi connectivity index (χ1n) is 4.94. The van der Waals surface area contributed by atoms with Crippen LogP contribution in [-0.2, 0) is 14.3 Å². The number of hydrogen-bond donors (Lipinski definition) is 1. The molecule has 0 bridgehead atoms. The highest BCUT2D eigenvalue weighted by atomic mass is 35.5. The molecule has 1 atom stereocenters. The molecule has 90 valence electrons. The van der Waals surface area contributed by atoms with Crippen molar-refractivity contribution in [3.63, 3.8) is 0 Å². The molecule has 0 unspecified atom stereocenters. The van der Waals surface area contributed by atoms with Gasteiger partial charge in [-0.3, -0.25) is 0 Å². The molecule has 0 aromatic heterocycles. The average Bonchev–Trinajstić information content (AvgIpc) is 2.64. The summed E-state index contributed by atoms with van der Waals surface area (Å²) >= 11 is 5.63. The van der Waals surface area contributed by atoms with Crippen molar-refractivity contribution in [2.45, 2.75) is 12.5 Å². The van der Waals surface area contributed by atoms with Crippen LogP contribution in [0.4, 0.5) is 0 Å². The number of ether oxygens (including phenoxy) is 2. The number of esters is 2. The van der Waals surface area contributed by atoms with Gasteiger partial charge in [0, 0.05) is 11.4 Å². The molecule has 1 fully saturated rings. The molecule has 6 heteroatoms. The van der Waals surface area contributed by atoms with E-state index in [-0.39, 0.29) is 17.9 Å². The minimum atomic E-state index is -0.891. The van der Waals surface area contributed by atoms with E-state index in [0.717, 1.165) is 0 Å². The second kappa shape index (κ2) is 4.63. The summed E-state index contributed by atoms with van der Waals surface area (Å²) in [7, 11) is 0. The van der Waals surface area contributed by atoms with Crippen molar-refractivity contribution in [3.05, 3.63) is 28.8 Å². The molecule has 0 aliphatic carbocycles. The van der Waals surface area contributed by atoms with Crippen molar-refractivity contribution in [1.29, 1.82) is 0 Å². The van der Waals surface area contributed by atoms with Crippen molar-refractivity contribution in [1.82, 2.24) is 0 Å². The van der Waals surface area contributed by atoms with Gasteiger partial charge >= 0.3 is 11.9 Å². The highest BCUT2D eigenvalue weighted by Crippen LogP contribution is 2.23. The number of carbonyl (C=O) groups excluding carboxylic acids is 2. The van der Waals surface area contributed by atoms with Gasteiger partial charge in [0.2, 0.25) is 6.10 Å². The molecule has 1 heterocycles. The maximum absolute atomic E-state index is 11.6. The van der Waals surface area contributed by atoms with Crippen LogP contribution in [0.5, 0.6) is 5.75 Å². The Morgan fingerprint density at radius 3 is 2.88 bits per heavy atom. The van der Waals surface area contributed by atoms with Crippen molar-refractivity contribution in [3.8, 4) is 5.75 Å². The topological polar surface area (TPSA) is 72.8 Å². The molecule has 0 radical (unpaired) electrons. The zero-order chi connectivity index (χ0) is 12.4.